The van der Waals surface area contributed by atoms with Gasteiger partial charge in [0.25, 0.3) is 0 Å². The zero-order valence-electron chi connectivity index (χ0n) is 19.1. The fourth-order valence-corrected chi connectivity index (χ4v) is 10.8. The summed E-state index contributed by atoms with van der Waals surface area (Å²) in [6.45, 7) is 5.84. The monoisotopic (exact) mass is 435 g/mol. The first-order valence-corrected chi connectivity index (χ1v) is 14.6. The Morgan fingerprint density at radius 2 is 1.77 bits per heavy atom. The van der Waals surface area contributed by atoms with Crippen LogP contribution in [-0.2, 0) is 16.8 Å². The molecule has 0 unspecified atom stereocenters. The molecule has 2 fully saturated rings. The van der Waals surface area contributed by atoms with E-state index in [1.54, 1.807) is 14.2 Å². The van der Waals surface area contributed by atoms with Crippen LogP contribution >= 0.6 is 0 Å². The molecule has 5 heteroatoms. The Morgan fingerprint density at radius 1 is 1.06 bits per heavy atom. The van der Waals surface area contributed by atoms with E-state index in [0.717, 1.165) is 30.9 Å². The lowest BCUT2D eigenvalue weighted by molar-refractivity contribution is -0.132. The molecule has 1 amide bonds. The molecule has 2 aliphatic heterocycles. The smallest absolute Gasteiger partial charge is 0.223 e. The summed E-state index contributed by atoms with van der Waals surface area (Å²) in [4.78, 5) is 15.6. The third-order valence-corrected chi connectivity index (χ3v) is 12.8. The van der Waals surface area contributed by atoms with Gasteiger partial charge in [-0.1, -0.05) is 61.5 Å². The summed E-state index contributed by atoms with van der Waals surface area (Å²) in [5, 5.41) is 1.51. The molecule has 3 atom stereocenters. The molecule has 1 saturated carbocycles. The van der Waals surface area contributed by atoms with Gasteiger partial charge in [-0.2, -0.15) is 0 Å². The number of rotatable bonds is 4. The number of hydrogen-bond donors (Lipinski definition) is 0. The number of nitrogens with zero attached hydrogens (tertiary/aromatic N) is 1. The first-order valence-electron chi connectivity index (χ1n) is 11.5. The molecule has 0 aromatic heterocycles. The minimum Gasteiger partial charge on any atom is -0.493 e. The number of carbonyl (C=O) groups excluding carboxylic acids is 1. The molecule has 164 valence electrons. The number of fused-ring (bicyclic) bond motifs is 1. The van der Waals surface area contributed by atoms with Gasteiger partial charge in [0.05, 0.1) is 27.8 Å². The number of hydrogen-bond acceptors (Lipinski definition) is 3. The SMILES string of the molecule is COc1cc2c(cc1OC)[C@@]13CCC[C@H]([Si](C)(C)c4ccccc4)[C@H]1CC(=O)N3CC2. The fraction of sp³-hybridized carbons (Fsp3) is 0.500. The second-order valence-electron chi connectivity index (χ2n) is 9.98. The van der Waals surface area contributed by atoms with Crippen LogP contribution in [-0.4, -0.2) is 39.6 Å². The summed E-state index contributed by atoms with van der Waals surface area (Å²) >= 11 is 0. The Labute approximate surface area is 186 Å². The molecule has 0 bridgehead atoms. The molecule has 4 nitrogen and oxygen atoms in total. The Bertz CT molecular complexity index is 1010. The quantitative estimate of drug-likeness (QED) is 0.665. The Hall–Kier alpha value is -2.27. The van der Waals surface area contributed by atoms with Gasteiger partial charge >= 0.3 is 0 Å². The van der Waals surface area contributed by atoms with Crippen LogP contribution in [0.15, 0.2) is 42.5 Å². The third-order valence-electron chi connectivity index (χ3n) is 8.47. The van der Waals surface area contributed by atoms with Gasteiger partial charge < -0.3 is 14.4 Å². The highest BCUT2D eigenvalue weighted by molar-refractivity contribution is 6.91. The van der Waals surface area contributed by atoms with E-state index < -0.39 is 8.07 Å². The molecule has 3 aliphatic rings. The van der Waals surface area contributed by atoms with Gasteiger partial charge in [0.15, 0.2) is 11.5 Å². The lowest BCUT2D eigenvalue weighted by Crippen LogP contribution is -2.58. The summed E-state index contributed by atoms with van der Waals surface area (Å²) < 4.78 is 11.3. The van der Waals surface area contributed by atoms with Crippen molar-refractivity contribution >= 4 is 19.2 Å². The van der Waals surface area contributed by atoms with Gasteiger partial charge in [0, 0.05) is 13.0 Å². The zero-order valence-corrected chi connectivity index (χ0v) is 20.1. The van der Waals surface area contributed by atoms with Gasteiger partial charge in [-0.25, -0.2) is 0 Å². The van der Waals surface area contributed by atoms with Crippen molar-refractivity contribution < 1.29 is 14.3 Å². The number of amides is 1. The van der Waals surface area contributed by atoms with Crippen molar-refractivity contribution in [3.05, 3.63) is 53.6 Å². The molecule has 1 saturated heterocycles. The largest absolute Gasteiger partial charge is 0.493 e. The summed E-state index contributed by atoms with van der Waals surface area (Å²) in [6, 6.07) is 15.4. The maximum Gasteiger partial charge on any atom is 0.223 e. The van der Waals surface area contributed by atoms with Gasteiger partial charge in [-0.05, 0) is 47.6 Å². The minimum atomic E-state index is -1.77. The molecule has 2 aromatic carbocycles. The van der Waals surface area contributed by atoms with Crippen molar-refractivity contribution in [1.82, 2.24) is 4.90 Å². The first-order chi connectivity index (χ1) is 14.9. The van der Waals surface area contributed by atoms with Crippen molar-refractivity contribution in [3.63, 3.8) is 0 Å². The van der Waals surface area contributed by atoms with Gasteiger partial charge in [0.1, 0.15) is 0 Å². The van der Waals surface area contributed by atoms with Gasteiger partial charge in [-0.15, -0.1) is 0 Å². The standard InChI is InChI=1S/C26H33NO3Si/c1-29-22-15-18-12-14-27-25(28)17-21-24(31(3,4)19-9-6-5-7-10-19)11-8-13-26(21,27)20(18)16-23(22)30-2/h5-7,9-10,15-16,21,24H,8,11-14,17H2,1-4H3/t21-,24+,26+/m1/s1. The second-order valence-corrected chi connectivity index (χ2v) is 14.7. The molecule has 2 heterocycles. The highest BCUT2D eigenvalue weighted by Gasteiger charge is 2.61. The minimum absolute atomic E-state index is 0.188. The van der Waals surface area contributed by atoms with Crippen LogP contribution in [0, 0.1) is 5.92 Å². The molecule has 5 rings (SSSR count). The van der Waals surface area contributed by atoms with Crippen LogP contribution < -0.4 is 14.7 Å². The molecule has 31 heavy (non-hydrogen) atoms. The van der Waals surface area contributed by atoms with Crippen molar-refractivity contribution in [2.45, 2.75) is 56.3 Å². The summed E-state index contributed by atoms with van der Waals surface area (Å²) in [5.41, 5.74) is 3.03. The average Bonchev–Trinajstić information content (AvgIpc) is 3.10. The van der Waals surface area contributed by atoms with Crippen LogP contribution in [0.25, 0.3) is 0 Å². The molecular weight excluding hydrogens is 402 g/mol. The number of benzene rings is 2. The van der Waals surface area contributed by atoms with E-state index >= 15 is 0 Å². The van der Waals surface area contributed by atoms with E-state index in [2.05, 4.69) is 60.5 Å². The molecule has 1 aliphatic carbocycles. The summed E-state index contributed by atoms with van der Waals surface area (Å²) in [5.74, 6) is 2.28. The first kappa shape index (κ1) is 20.6. The molecule has 0 N–H and O–H groups in total. The Morgan fingerprint density at radius 3 is 2.48 bits per heavy atom. The van der Waals surface area contributed by atoms with Crippen LogP contribution in [0.1, 0.15) is 36.8 Å². The number of ether oxygens (including phenoxy) is 2. The molecule has 2 aromatic rings. The summed E-state index contributed by atoms with van der Waals surface area (Å²) in [7, 11) is 1.63. The Kier molecular flexibility index (Phi) is 4.92. The summed E-state index contributed by atoms with van der Waals surface area (Å²) in [6.07, 6.45) is 5.02. The maximum absolute atomic E-state index is 13.4. The lowest BCUT2D eigenvalue weighted by Gasteiger charge is -2.54. The topological polar surface area (TPSA) is 38.8 Å². The molecule has 0 radical (unpaired) electrons. The van der Waals surface area contributed by atoms with Crippen LogP contribution in [0.3, 0.4) is 0 Å². The molecule has 1 spiro atoms. The van der Waals surface area contributed by atoms with Crippen LogP contribution in [0.5, 0.6) is 11.5 Å². The van der Waals surface area contributed by atoms with Crippen LogP contribution in [0.2, 0.25) is 18.6 Å². The van der Waals surface area contributed by atoms with Crippen molar-refractivity contribution in [3.8, 4) is 11.5 Å². The van der Waals surface area contributed by atoms with Gasteiger partial charge in [-0.3, -0.25) is 4.79 Å². The van der Waals surface area contributed by atoms with Gasteiger partial charge in [0.2, 0.25) is 5.91 Å². The van der Waals surface area contributed by atoms with E-state index in [4.69, 9.17) is 9.47 Å². The van der Waals surface area contributed by atoms with Crippen molar-refractivity contribution in [2.24, 2.45) is 5.92 Å². The van der Waals surface area contributed by atoms with E-state index in [0.29, 0.717) is 23.8 Å². The molecular formula is C26H33NO3Si. The highest BCUT2D eigenvalue weighted by Crippen LogP contribution is 2.61. The highest BCUT2D eigenvalue weighted by atomic mass is 28.3. The van der Waals surface area contributed by atoms with E-state index in [9.17, 15) is 4.79 Å². The maximum atomic E-state index is 13.4. The average molecular weight is 436 g/mol. The van der Waals surface area contributed by atoms with E-state index in [1.807, 2.05) is 0 Å². The zero-order chi connectivity index (χ0) is 21.8. The van der Waals surface area contributed by atoms with E-state index in [-0.39, 0.29) is 5.54 Å². The fourth-order valence-electron chi connectivity index (χ4n) is 6.99. The predicted molar refractivity (Wildman–Crippen MR) is 126 cm³/mol. The normalized spacial score (nSPS) is 27.4. The third kappa shape index (κ3) is 2.89. The number of carbonyl (C=O) groups is 1. The van der Waals surface area contributed by atoms with Crippen molar-refractivity contribution in [2.75, 3.05) is 20.8 Å². The van der Waals surface area contributed by atoms with Crippen molar-refractivity contribution in [1.29, 1.82) is 0 Å². The number of methoxy groups -OCH3 is 2. The second kappa shape index (κ2) is 7.40. The lowest BCUT2D eigenvalue weighted by atomic mass is 9.66. The van der Waals surface area contributed by atoms with E-state index in [1.165, 1.54) is 29.2 Å². The predicted octanol–water partition coefficient (Wildman–Crippen LogP) is 4.47. The van der Waals surface area contributed by atoms with Crippen LogP contribution in [0.4, 0.5) is 0 Å². The Balaban J connectivity index is 1.66.